The quantitative estimate of drug-likeness (QED) is 0.611. The van der Waals surface area contributed by atoms with Gasteiger partial charge in [-0.05, 0) is 37.1 Å². The topological polar surface area (TPSA) is 72.6 Å². The maximum atomic E-state index is 12.3. The lowest BCUT2D eigenvalue weighted by atomic mass is 10.1. The van der Waals surface area contributed by atoms with Gasteiger partial charge in [-0.15, -0.1) is 0 Å². The van der Waals surface area contributed by atoms with Crippen LogP contribution >= 0.6 is 0 Å². The summed E-state index contributed by atoms with van der Waals surface area (Å²) in [5.41, 5.74) is 2.99. The molecule has 2 aromatic carbocycles. The van der Waals surface area contributed by atoms with Crippen molar-refractivity contribution >= 4 is 11.9 Å². The molecule has 0 unspecified atom stereocenters. The van der Waals surface area contributed by atoms with Crippen LogP contribution in [0.1, 0.15) is 27.4 Å². The molecule has 0 N–H and O–H groups in total. The van der Waals surface area contributed by atoms with Crippen LogP contribution in [-0.4, -0.2) is 35.4 Å². The van der Waals surface area contributed by atoms with Crippen LogP contribution in [0.2, 0.25) is 0 Å². The lowest BCUT2D eigenvalue weighted by Gasteiger charge is -2.18. The highest BCUT2D eigenvalue weighted by Crippen LogP contribution is 2.21. The van der Waals surface area contributed by atoms with E-state index in [1.165, 1.54) is 4.90 Å². The molecule has 0 aliphatic carbocycles. The summed E-state index contributed by atoms with van der Waals surface area (Å²) in [4.78, 5) is 30.4. The SMILES string of the molecule is Cc1ccccc1CN(C)C(=O)COC(=O)c1nc(-c2ccccc2)oc1C. The van der Waals surface area contributed by atoms with Gasteiger partial charge in [0.2, 0.25) is 5.89 Å². The molecule has 0 atom stereocenters. The molecule has 0 radical (unpaired) electrons. The van der Waals surface area contributed by atoms with Crippen molar-refractivity contribution in [1.82, 2.24) is 9.88 Å². The second-order valence-electron chi connectivity index (χ2n) is 6.54. The highest BCUT2D eigenvalue weighted by atomic mass is 16.5. The Balaban J connectivity index is 1.60. The minimum atomic E-state index is -0.680. The molecule has 0 fully saturated rings. The number of carbonyl (C=O) groups excluding carboxylic acids is 2. The van der Waals surface area contributed by atoms with Gasteiger partial charge in [-0.3, -0.25) is 4.79 Å². The Morgan fingerprint density at radius 1 is 1.04 bits per heavy atom. The van der Waals surface area contributed by atoms with E-state index in [9.17, 15) is 9.59 Å². The molecule has 0 bridgehead atoms. The number of aromatic nitrogens is 1. The molecule has 1 amide bonds. The number of likely N-dealkylation sites (N-methyl/N-ethyl adjacent to an activating group) is 1. The first kappa shape index (κ1) is 19.4. The second kappa shape index (κ2) is 8.52. The summed E-state index contributed by atoms with van der Waals surface area (Å²) in [6.07, 6.45) is 0. The van der Waals surface area contributed by atoms with E-state index in [0.29, 0.717) is 18.2 Å². The molecule has 28 heavy (non-hydrogen) atoms. The number of esters is 1. The number of nitrogens with zero attached hydrogens (tertiary/aromatic N) is 2. The number of ether oxygens (including phenoxy) is 1. The van der Waals surface area contributed by atoms with Crippen LogP contribution in [0.4, 0.5) is 0 Å². The molecule has 1 aromatic heterocycles. The van der Waals surface area contributed by atoms with Crippen molar-refractivity contribution in [2.24, 2.45) is 0 Å². The normalized spacial score (nSPS) is 10.5. The van der Waals surface area contributed by atoms with E-state index in [1.54, 1.807) is 14.0 Å². The number of benzene rings is 2. The van der Waals surface area contributed by atoms with E-state index in [-0.39, 0.29) is 18.2 Å². The first-order chi connectivity index (χ1) is 13.5. The molecule has 6 nitrogen and oxygen atoms in total. The van der Waals surface area contributed by atoms with Crippen molar-refractivity contribution in [3.63, 3.8) is 0 Å². The van der Waals surface area contributed by atoms with Gasteiger partial charge in [0.05, 0.1) is 0 Å². The monoisotopic (exact) mass is 378 g/mol. The van der Waals surface area contributed by atoms with E-state index in [4.69, 9.17) is 9.15 Å². The van der Waals surface area contributed by atoms with Gasteiger partial charge < -0.3 is 14.1 Å². The lowest BCUT2D eigenvalue weighted by Crippen LogP contribution is -2.31. The summed E-state index contributed by atoms with van der Waals surface area (Å²) in [7, 11) is 1.68. The van der Waals surface area contributed by atoms with Gasteiger partial charge in [0.1, 0.15) is 5.76 Å². The van der Waals surface area contributed by atoms with Gasteiger partial charge in [-0.1, -0.05) is 42.5 Å². The van der Waals surface area contributed by atoms with Gasteiger partial charge >= 0.3 is 5.97 Å². The van der Waals surface area contributed by atoms with Crippen molar-refractivity contribution in [2.45, 2.75) is 20.4 Å². The Bertz CT molecular complexity index is 979. The predicted molar refractivity (Wildman–Crippen MR) is 105 cm³/mol. The molecule has 144 valence electrons. The molecule has 3 aromatic rings. The Morgan fingerprint density at radius 3 is 2.43 bits per heavy atom. The van der Waals surface area contributed by atoms with Gasteiger partial charge in [-0.25, -0.2) is 9.78 Å². The number of carbonyl (C=O) groups is 2. The fraction of sp³-hybridized carbons (Fsp3) is 0.227. The van der Waals surface area contributed by atoms with Crippen molar-refractivity contribution in [1.29, 1.82) is 0 Å². The van der Waals surface area contributed by atoms with Crippen molar-refractivity contribution < 1.29 is 18.7 Å². The highest BCUT2D eigenvalue weighted by Gasteiger charge is 2.21. The number of oxazole rings is 1. The minimum absolute atomic E-state index is 0.0770. The number of rotatable bonds is 6. The summed E-state index contributed by atoms with van der Waals surface area (Å²) >= 11 is 0. The van der Waals surface area contributed by atoms with Crippen LogP contribution in [0.3, 0.4) is 0 Å². The van der Waals surface area contributed by atoms with E-state index in [0.717, 1.165) is 16.7 Å². The van der Waals surface area contributed by atoms with Gasteiger partial charge in [0.25, 0.3) is 5.91 Å². The molecular weight excluding hydrogens is 356 g/mol. The summed E-state index contributed by atoms with van der Waals surface area (Å²) in [6.45, 7) is 3.73. The van der Waals surface area contributed by atoms with Gasteiger partial charge in [0.15, 0.2) is 12.3 Å². The number of hydrogen-bond donors (Lipinski definition) is 0. The Morgan fingerprint density at radius 2 is 1.71 bits per heavy atom. The Hall–Kier alpha value is -3.41. The summed E-state index contributed by atoms with van der Waals surface area (Å²) < 4.78 is 10.7. The van der Waals surface area contributed by atoms with E-state index in [1.807, 2.05) is 61.5 Å². The maximum Gasteiger partial charge on any atom is 0.361 e. The van der Waals surface area contributed by atoms with Crippen molar-refractivity contribution in [3.8, 4) is 11.5 Å². The van der Waals surface area contributed by atoms with E-state index >= 15 is 0 Å². The zero-order chi connectivity index (χ0) is 20.1. The predicted octanol–water partition coefficient (Wildman–Crippen LogP) is 3.77. The molecule has 6 heteroatoms. The lowest BCUT2D eigenvalue weighted by molar-refractivity contribution is -0.133. The van der Waals surface area contributed by atoms with E-state index < -0.39 is 5.97 Å². The summed E-state index contributed by atoms with van der Waals surface area (Å²) in [6, 6.07) is 17.1. The maximum absolute atomic E-state index is 12.3. The van der Waals surface area contributed by atoms with E-state index in [2.05, 4.69) is 4.98 Å². The van der Waals surface area contributed by atoms with Gasteiger partial charge in [-0.2, -0.15) is 0 Å². The molecule has 1 heterocycles. The van der Waals surface area contributed by atoms with Crippen LogP contribution in [0.5, 0.6) is 0 Å². The first-order valence-electron chi connectivity index (χ1n) is 8.94. The third-order valence-electron chi connectivity index (χ3n) is 4.43. The number of amides is 1. The molecule has 0 saturated heterocycles. The highest BCUT2D eigenvalue weighted by molar-refractivity contribution is 5.90. The van der Waals surface area contributed by atoms with Gasteiger partial charge in [0, 0.05) is 19.2 Å². The zero-order valence-corrected chi connectivity index (χ0v) is 16.1. The van der Waals surface area contributed by atoms with Crippen molar-refractivity contribution in [3.05, 3.63) is 77.2 Å². The fourth-order valence-corrected chi connectivity index (χ4v) is 2.73. The Kier molecular flexibility index (Phi) is 5.89. The zero-order valence-electron chi connectivity index (χ0n) is 16.1. The largest absolute Gasteiger partial charge is 0.451 e. The summed E-state index contributed by atoms with van der Waals surface area (Å²) in [5.74, 6) is -0.278. The third-order valence-corrected chi connectivity index (χ3v) is 4.43. The fourth-order valence-electron chi connectivity index (χ4n) is 2.73. The summed E-state index contributed by atoms with van der Waals surface area (Å²) in [5, 5.41) is 0. The van der Waals surface area contributed by atoms with Crippen molar-refractivity contribution in [2.75, 3.05) is 13.7 Å². The molecule has 0 aliphatic rings. The van der Waals surface area contributed by atoms with Crippen LogP contribution in [0.25, 0.3) is 11.5 Å². The van der Waals surface area contributed by atoms with Crippen LogP contribution in [0, 0.1) is 13.8 Å². The molecular formula is C22H22N2O4. The first-order valence-corrected chi connectivity index (χ1v) is 8.94. The average molecular weight is 378 g/mol. The molecule has 0 aliphatic heterocycles. The molecule has 0 saturated carbocycles. The Labute approximate surface area is 163 Å². The molecule has 3 rings (SSSR count). The third kappa shape index (κ3) is 4.46. The van der Waals surface area contributed by atoms with Crippen LogP contribution in [-0.2, 0) is 16.1 Å². The number of hydrogen-bond acceptors (Lipinski definition) is 5. The second-order valence-corrected chi connectivity index (χ2v) is 6.54. The average Bonchev–Trinajstić information content (AvgIpc) is 3.10. The minimum Gasteiger partial charge on any atom is -0.451 e. The number of aryl methyl sites for hydroxylation is 2. The standard InChI is InChI=1S/C22H22N2O4/c1-15-9-7-8-12-18(15)13-24(3)19(25)14-27-22(26)20-16(2)28-21(23-20)17-10-5-4-6-11-17/h4-12H,13-14H2,1-3H3. The van der Waals surface area contributed by atoms with Crippen LogP contribution < -0.4 is 0 Å². The smallest absolute Gasteiger partial charge is 0.361 e. The van der Waals surface area contributed by atoms with Crippen LogP contribution in [0.15, 0.2) is 59.0 Å². The molecule has 0 spiro atoms.